The number of rotatable bonds is 3. The fraction of sp³-hybridized carbons (Fsp3) is 0.471. The molecule has 0 bridgehead atoms. The molecule has 126 valence electrons. The molecule has 1 saturated heterocycles. The zero-order chi connectivity index (χ0) is 16.9. The van der Waals surface area contributed by atoms with Crippen LogP contribution in [0.5, 0.6) is 0 Å². The second kappa shape index (κ2) is 7.33. The first kappa shape index (κ1) is 16.3. The minimum absolute atomic E-state index is 0.0320. The van der Waals surface area contributed by atoms with Crippen LogP contribution in [0.1, 0.15) is 41.1 Å². The van der Waals surface area contributed by atoms with Crippen molar-refractivity contribution in [3.8, 4) is 0 Å². The molecule has 0 radical (unpaired) electrons. The monoisotopic (exact) mass is 326 g/mol. The lowest BCUT2D eigenvalue weighted by Gasteiger charge is -2.20. The predicted molar refractivity (Wildman–Crippen MR) is 90.2 cm³/mol. The molecule has 2 aromatic heterocycles. The Hall–Kier alpha value is -2.57. The van der Waals surface area contributed by atoms with E-state index in [0.29, 0.717) is 17.4 Å². The molecular weight excluding hydrogens is 304 g/mol. The molecule has 1 aliphatic heterocycles. The van der Waals surface area contributed by atoms with E-state index in [1.54, 1.807) is 24.8 Å². The van der Waals surface area contributed by atoms with Crippen LogP contribution in [0, 0.1) is 12.8 Å². The van der Waals surface area contributed by atoms with Gasteiger partial charge in [0, 0.05) is 19.3 Å². The van der Waals surface area contributed by atoms with Gasteiger partial charge in [0.25, 0.3) is 5.91 Å². The van der Waals surface area contributed by atoms with Crippen LogP contribution in [0.2, 0.25) is 0 Å². The van der Waals surface area contributed by atoms with Crippen molar-refractivity contribution >= 4 is 11.7 Å². The summed E-state index contributed by atoms with van der Waals surface area (Å²) in [4.78, 5) is 31.2. The van der Waals surface area contributed by atoms with E-state index in [2.05, 4.69) is 19.9 Å². The zero-order valence-corrected chi connectivity index (χ0v) is 13.9. The lowest BCUT2D eigenvalue weighted by molar-refractivity contribution is 0.0753. The van der Waals surface area contributed by atoms with Gasteiger partial charge in [0.2, 0.25) is 0 Å². The highest BCUT2D eigenvalue weighted by molar-refractivity contribution is 5.92. The highest BCUT2D eigenvalue weighted by Gasteiger charge is 2.23. The number of hydrogen-bond donors (Lipinski definition) is 1. The average Bonchev–Trinajstić information content (AvgIpc) is 2.83. The van der Waals surface area contributed by atoms with Gasteiger partial charge >= 0.3 is 0 Å². The highest BCUT2D eigenvalue weighted by atomic mass is 16.2. The van der Waals surface area contributed by atoms with Crippen LogP contribution < -0.4 is 5.73 Å². The number of aryl methyl sites for hydroxylation is 1. The van der Waals surface area contributed by atoms with Crippen LogP contribution in [0.4, 0.5) is 5.82 Å². The van der Waals surface area contributed by atoms with Gasteiger partial charge < -0.3 is 10.6 Å². The first-order valence-corrected chi connectivity index (χ1v) is 8.26. The zero-order valence-electron chi connectivity index (χ0n) is 13.9. The van der Waals surface area contributed by atoms with E-state index in [4.69, 9.17) is 5.73 Å². The van der Waals surface area contributed by atoms with E-state index in [1.807, 2.05) is 11.8 Å². The molecule has 24 heavy (non-hydrogen) atoms. The number of carbonyl (C=O) groups excluding carboxylic acids is 1. The summed E-state index contributed by atoms with van der Waals surface area (Å²) in [7, 11) is 0. The number of nitrogens with zero attached hydrogens (tertiary/aromatic N) is 5. The summed E-state index contributed by atoms with van der Waals surface area (Å²) in [6.45, 7) is 3.36. The largest absolute Gasteiger partial charge is 0.382 e. The van der Waals surface area contributed by atoms with Crippen LogP contribution >= 0.6 is 0 Å². The van der Waals surface area contributed by atoms with Gasteiger partial charge in [0.15, 0.2) is 0 Å². The second-order valence-electron chi connectivity index (χ2n) is 6.27. The topological polar surface area (TPSA) is 97.9 Å². The molecule has 3 heterocycles. The third-order valence-corrected chi connectivity index (χ3v) is 4.36. The summed E-state index contributed by atoms with van der Waals surface area (Å²) in [6, 6.07) is 0. The van der Waals surface area contributed by atoms with Gasteiger partial charge in [-0.1, -0.05) is 0 Å². The lowest BCUT2D eigenvalue weighted by atomic mass is 9.95. The fourth-order valence-corrected chi connectivity index (χ4v) is 3.00. The van der Waals surface area contributed by atoms with Crippen molar-refractivity contribution in [1.29, 1.82) is 0 Å². The Morgan fingerprint density at radius 2 is 2.00 bits per heavy atom. The molecule has 1 atom stereocenters. The van der Waals surface area contributed by atoms with Gasteiger partial charge in [0.1, 0.15) is 11.5 Å². The lowest BCUT2D eigenvalue weighted by Crippen LogP contribution is -2.32. The maximum absolute atomic E-state index is 12.6. The molecule has 0 unspecified atom stereocenters. The molecule has 0 saturated carbocycles. The standard InChI is InChI=1S/C17H22N6O/c1-12-8-21-15(10-19-12)17(24)23-5-2-3-13(4-6-23)7-14-9-22-16(18)11-20-14/h8-11,13H,2-7H2,1H3,(H2,18,22)/t13-/m1/s1. The Kier molecular flexibility index (Phi) is 4.98. The SMILES string of the molecule is Cc1cnc(C(=O)N2CCC[C@@H](Cc3cnc(N)cn3)CC2)cn1. The van der Waals surface area contributed by atoms with Gasteiger partial charge in [-0.3, -0.25) is 14.8 Å². The maximum Gasteiger partial charge on any atom is 0.274 e. The van der Waals surface area contributed by atoms with E-state index < -0.39 is 0 Å². The number of amides is 1. The molecule has 2 N–H and O–H groups in total. The first-order valence-electron chi connectivity index (χ1n) is 8.26. The van der Waals surface area contributed by atoms with Crippen LogP contribution in [0.3, 0.4) is 0 Å². The van der Waals surface area contributed by atoms with Crippen LogP contribution in [-0.4, -0.2) is 43.8 Å². The number of hydrogen-bond acceptors (Lipinski definition) is 6. The Morgan fingerprint density at radius 3 is 2.71 bits per heavy atom. The minimum atomic E-state index is -0.0320. The van der Waals surface area contributed by atoms with Crippen molar-refractivity contribution in [3.05, 3.63) is 41.9 Å². The van der Waals surface area contributed by atoms with Crippen LogP contribution in [-0.2, 0) is 6.42 Å². The van der Waals surface area contributed by atoms with Gasteiger partial charge in [-0.15, -0.1) is 0 Å². The van der Waals surface area contributed by atoms with E-state index >= 15 is 0 Å². The average molecular weight is 326 g/mol. The summed E-state index contributed by atoms with van der Waals surface area (Å²) < 4.78 is 0. The summed E-state index contributed by atoms with van der Waals surface area (Å²) in [6.07, 6.45) is 10.4. The summed E-state index contributed by atoms with van der Waals surface area (Å²) in [5, 5.41) is 0. The second-order valence-corrected chi connectivity index (χ2v) is 6.27. The van der Waals surface area contributed by atoms with Crippen LogP contribution in [0.25, 0.3) is 0 Å². The molecule has 0 aliphatic carbocycles. The Bertz CT molecular complexity index is 685. The first-order chi connectivity index (χ1) is 11.6. The molecule has 7 nitrogen and oxygen atoms in total. The van der Waals surface area contributed by atoms with Crippen molar-refractivity contribution in [3.63, 3.8) is 0 Å². The molecule has 0 spiro atoms. The van der Waals surface area contributed by atoms with Gasteiger partial charge in [-0.2, -0.15) is 0 Å². The number of aromatic nitrogens is 4. The smallest absolute Gasteiger partial charge is 0.274 e. The van der Waals surface area contributed by atoms with E-state index in [9.17, 15) is 4.79 Å². The number of nitrogen functional groups attached to an aromatic ring is 1. The minimum Gasteiger partial charge on any atom is -0.382 e. The van der Waals surface area contributed by atoms with Crippen molar-refractivity contribution in [2.24, 2.45) is 5.92 Å². The quantitative estimate of drug-likeness (QED) is 0.921. The highest BCUT2D eigenvalue weighted by Crippen LogP contribution is 2.22. The Morgan fingerprint density at radius 1 is 1.12 bits per heavy atom. The van der Waals surface area contributed by atoms with Crippen molar-refractivity contribution in [1.82, 2.24) is 24.8 Å². The summed E-state index contributed by atoms with van der Waals surface area (Å²) in [5.74, 6) is 0.913. The van der Waals surface area contributed by atoms with Gasteiger partial charge in [0.05, 0.1) is 30.0 Å². The molecule has 2 aromatic rings. The predicted octanol–water partition coefficient (Wildman–Crippen LogP) is 1.64. The molecule has 1 aliphatic rings. The third kappa shape index (κ3) is 4.04. The van der Waals surface area contributed by atoms with Gasteiger partial charge in [-0.05, 0) is 38.5 Å². The third-order valence-electron chi connectivity index (χ3n) is 4.36. The molecule has 7 heteroatoms. The van der Waals surface area contributed by atoms with Crippen molar-refractivity contribution in [2.75, 3.05) is 18.8 Å². The van der Waals surface area contributed by atoms with Crippen molar-refractivity contribution in [2.45, 2.75) is 32.6 Å². The summed E-state index contributed by atoms with van der Waals surface area (Å²) >= 11 is 0. The molecule has 0 aromatic carbocycles. The van der Waals surface area contributed by atoms with Crippen molar-refractivity contribution < 1.29 is 4.79 Å². The molecule has 1 fully saturated rings. The number of anilines is 1. The Labute approximate surface area is 141 Å². The maximum atomic E-state index is 12.6. The van der Waals surface area contributed by atoms with E-state index in [-0.39, 0.29) is 5.91 Å². The molecular formula is C17H22N6O. The number of carbonyl (C=O) groups is 1. The van der Waals surface area contributed by atoms with Crippen LogP contribution in [0.15, 0.2) is 24.8 Å². The molecule has 3 rings (SSSR count). The van der Waals surface area contributed by atoms with E-state index in [1.165, 1.54) is 0 Å². The molecule has 1 amide bonds. The number of nitrogens with two attached hydrogens (primary N) is 1. The Balaban J connectivity index is 1.59. The number of likely N-dealkylation sites (tertiary alicyclic amines) is 1. The fourth-order valence-electron chi connectivity index (χ4n) is 3.00. The normalized spacial score (nSPS) is 18.2. The van der Waals surface area contributed by atoms with Gasteiger partial charge in [-0.25, -0.2) is 9.97 Å². The van der Waals surface area contributed by atoms with E-state index in [0.717, 1.165) is 50.2 Å². The summed E-state index contributed by atoms with van der Waals surface area (Å²) in [5.41, 5.74) is 7.76.